The molecule has 0 unspecified atom stereocenters. The predicted octanol–water partition coefficient (Wildman–Crippen LogP) is 4.43. The van der Waals surface area contributed by atoms with Crippen LogP contribution in [0, 0.1) is 5.82 Å². The number of aliphatic hydroxyl groups excluding tert-OH is 1. The number of rotatable bonds is 8. The Kier molecular flexibility index (Phi) is 7.63. The minimum absolute atomic E-state index is 0.0425. The van der Waals surface area contributed by atoms with Crippen LogP contribution >= 0.6 is 0 Å². The minimum Gasteiger partial charge on any atom is -0.483 e. The number of benzene rings is 1. The smallest absolute Gasteiger partial charge is 0.422 e. The van der Waals surface area contributed by atoms with Gasteiger partial charge in [0.25, 0.3) is 6.43 Å². The molecule has 7 nitrogen and oxygen atoms in total. The van der Waals surface area contributed by atoms with Crippen molar-refractivity contribution in [2.24, 2.45) is 0 Å². The molecule has 188 valence electrons. The van der Waals surface area contributed by atoms with Gasteiger partial charge >= 0.3 is 11.9 Å². The molecule has 2 heterocycles. The monoisotopic (exact) mass is 506 g/mol. The van der Waals surface area contributed by atoms with Gasteiger partial charge in [-0.2, -0.15) is 17.9 Å². The van der Waals surface area contributed by atoms with Crippen molar-refractivity contribution in [1.29, 1.82) is 0 Å². The number of pyridine rings is 1. The Morgan fingerprint density at radius 1 is 1.29 bits per heavy atom. The molecule has 0 aliphatic heterocycles. The zero-order valence-electron chi connectivity index (χ0n) is 17.9. The molecular weight excluding hydrogens is 489 g/mol. The van der Waals surface area contributed by atoms with Crippen molar-refractivity contribution in [1.82, 2.24) is 19.3 Å². The van der Waals surface area contributed by atoms with Gasteiger partial charge in [-0.15, -0.1) is 5.10 Å². The van der Waals surface area contributed by atoms with Crippen LogP contribution in [0.5, 0.6) is 5.75 Å². The molecule has 14 heteroatoms. The van der Waals surface area contributed by atoms with Crippen LogP contribution in [-0.4, -0.2) is 37.2 Å². The first-order valence-corrected chi connectivity index (χ1v) is 9.89. The normalized spacial score (nSPS) is 12.5. The lowest BCUT2D eigenvalue weighted by atomic mass is 10.1. The van der Waals surface area contributed by atoms with Gasteiger partial charge in [-0.3, -0.25) is 9.55 Å². The van der Waals surface area contributed by atoms with Gasteiger partial charge in [0.05, 0.1) is 5.56 Å². The first kappa shape index (κ1) is 25.9. The Hall–Kier alpha value is -3.68. The zero-order valence-corrected chi connectivity index (χ0v) is 17.9. The van der Waals surface area contributed by atoms with Crippen LogP contribution in [-0.2, 0) is 13.2 Å². The molecule has 3 aromatic rings. The van der Waals surface area contributed by atoms with E-state index in [1.807, 2.05) is 0 Å². The summed E-state index contributed by atoms with van der Waals surface area (Å²) in [6, 6.07) is 1.99. The van der Waals surface area contributed by atoms with Gasteiger partial charge in [0.15, 0.2) is 12.4 Å². The number of aromatic nitrogens is 4. The van der Waals surface area contributed by atoms with E-state index >= 15 is 4.39 Å². The third-order valence-corrected chi connectivity index (χ3v) is 4.73. The Bertz CT molecular complexity index is 1300. The molecule has 0 aliphatic rings. The quantitative estimate of drug-likeness (QED) is 0.458. The summed E-state index contributed by atoms with van der Waals surface area (Å²) in [4.78, 5) is 16.1. The van der Waals surface area contributed by atoms with E-state index in [0.29, 0.717) is 22.9 Å². The molecule has 0 aliphatic carbocycles. The highest BCUT2D eigenvalue weighted by Crippen LogP contribution is 2.35. The van der Waals surface area contributed by atoms with Crippen LogP contribution in [0.15, 0.2) is 35.4 Å². The molecule has 0 fully saturated rings. The zero-order chi connectivity index (χ0) is 25.9. The van der Waals surface area contributed by atoms with Gasteiger partial charge in [0.2, 0.25) is 0 Å². The third kappa shape index (κ3) is 5.70. The number of hydrogen-bond donors (Lipinski definition) is 1. The summed E-state index contributed by atoms with van der Waals surface area (Å²) in [5, 5.41) is 13.1. The Morgan fingerprint density at radius 2 is 2.00 bits per heavy atom. The molecular formula is C21H17F7N4O3. The second-order valence-electron chi connectivity index (χ2n) is 7.01. The lowest BCUT2D eigenvalue weighted by Gasteiger charge is -2.15. The van der Waals surface area contributed by atoms with Crippen LogP contribution in [0.3, 0.4) is 0 Å². The molecule has 1 N–H and O–H groups in total. The second-order valence-corrected chi connectivity index (χ2v) is 7.01. The summed E-state index contributed by atoms with van der Waals surface area (Å²) in [6.45, 7) is -1.01. The Morgan fingerprint density at radius 3 is 2.57 bits per heavy atom. The van der Waals surface area contributed by atoms with E-state index in [0.717, 1.165) is 23.0 Å². The summed E-state index contributed by atoms with van der Waals surface area (Å²) in [7, 11) is 0. The van der Waals surface area contributed by atoms with Crippen LogP contribution in [0.1, 0.15) is 35.9 Å². The fraction of sp³-hybridized carbons (Fsp3) is 0.286. The number of hydrogen-bond acceptors (Lipinski definition) is 5. The van der Waals surface area contributed by atoms with Crippen LogP contribution in [0.4, 0.5) is 30.7 Å². The van der Waals surface area contributed by atoms with Gasteiger partial charge in [0, 0.05) is 36.1 Å². The average molecular weight is 506 g/mol. The maximum atomic E-state index is 15.1. The predicted molar refractivity (Wildman–Crippen MR) is 109 cm³/mol. The van der Waals surface area contributed by atoms with E-state index < -0.39 is 71.3 Å². The molecule has 0 atom stereocenters. The van der Waals surface area contributed by atoms with Crippen LogP contribution < -0.4 is 10.4 Å². The van der Waals surface area contributed by atoms with Crippen molar-refractivity contribution in [2.75, 3.05) is 6.61 Å². The lowest BCUT2D eigenvalue weighted by Crippen LogP contribution is -2.25. The standard InChI is InChI=1S/C21H17F7N4O3/c1-2-31-18(9-33)30-32(20(31)34)16-7-17(35-10-21(26,27)28)13(6-15(16)23)14(22)5-11-8-29-4-3-12(11)19(24)25/h3-8,19,33H,2,9-10H2,1H3/b14-5-. The topological polar surface area (TPSA) is 82.2 Å². The summed E-state index contributed by atoms with van der Waals surface area (Å²) >= 11 is 0. The Balaban J connectivity index is 2.18. The summed E-state index contributed by atoms with van der Waals surface area (Å²) < 4.78 is 101. The molecule has 1 aromatic carbocycles. The molecule has 35 heavy (non-hydrogen) atoms. The van der Waals surface area contributed by atoms with E-state index in [9.17, 15) is 36.2 Å². The highest BCUT2D eigenvalue weighted by atomic mass is 19.4. The van der Waals surface area contributed by atoms with Gasteiger partial charge in [0.1, 0.15) is 29.7 Å². The summed E-state index contributed by atoms with van der Waals surface area (Å²) in [5.41, 5.74) is -3.43. The number of aliphatic hydroxyl groups is 1. The maximum Gasteiger partial charge on any atom is 0.422 e. The fourth-order valence-electron chi connectivity index (χ4n) is 3.15. The molecule has 3 rings (SSSR count). The first-order chi connectivity index (χ1) is 16.5. The van der Waals surface area contributed by atoms with E-state index in [-0.39, 0.29) is 12.4 Å². The molecule has 2 aromatic heterocycles. The number of nitrogens with zero attached hydrogens (tertiary/aromatic N) is 4. The van der Waals surface area contributed by atoms with Crippen molar-refractivity contribution in [2.45, 2.75) is 32.7 Å². The molecule has 0 bridgehead atoms. The SMILES string of the molecule is CCn1c(CO)nn(-c2cc(OCC(F)(F)F)c(/C(F)=C/c3cnccc3C(F)F)cc2F)c1=O. The van der Waals surface area contributed by atoms with E-state index in [4.69, 9.17) is 0 Å². The van der Waals surface area contributed by atoms with Gasteiger partial charge in [-0.05, 0) is 25.1 Å². The summed E-state index contributed by atoms with van der Waals surface area (Å²) in [6.07, 6.45) is -5.39. The van der Waals surface area contributed by atoms with E-state index in [1.54, 1.807) is 0 Å². The number of ether oxygens (including phenoxy) is 1. The van der Waals surface area contributed by atoms with Crippen LogP contribution in [0.25, 0.3) is 17.6 Å². The molecule has 0 amide bonds. The molecule has 0 spiro atoms. The van der Waals surface area contributed by atoms with Crippen molar-refractivity contribution in [3.8, 4) is 11.4 Å². The first-order valence-electron chi connectivity index (χ1n) is 9.89. The molecule has 0 saturated carbocycles. The molecule has 0 saturated heterocycles. The van der Waals surface area contributed by atoms with Crippen molar-refractivity contribution in [3.63, 3.8) is 0 Å². The minimum atomic E-state index is -4.86. The third-order valence-electron chi connectivity index (χ3n) is 4.73. The van der Waals surface area contributed by atoms with Crippen molar-refractivity contribution < 1.29 is 40.6 Å². The van der Waals surface area contributed by atoms with Gasteiger partial charge < -0.3 is 9.84 Å². The lowest BCUT2D eigenvalue weighted by molar-refractivity contribution is -0.153. The number of alkyl halides is 5. The van der Waals surface area contributed by atoms with Crippen LogP contribution in [0.2, 0.25) is 0 Å². The van der Waals surface area contributed by atoms with E-state index in [2.05, 4.69) is 14.8 Å². The molecule has 0 radical (unpaired) electrons. The summed E-state index contributed by atoms with van der Waals surface area (Å²) in [5.74, 6) is -3.67. The largest absolute Gasteiger partial charge is 0.483 e. The van der Waals surface area contributed by atoms with E-state index in [1.165, 1.54) is 6.92 Å². The van der Waals surface area contributed by atoms with Crippen molar-refractivity contribution in [3.05, 3.63) is 69.4 Å². The fourth-order valence-corrected chi connectivity index (χ4v) is 3.15. The maximum absolute atomic E-state index is 15.1. The Labute approximate surface area is 192 Å². The highest BCUT2D eigenvalue weighted by Gasteiger charge is 2.30. The average Bonchev–Trinajstić information content (AvgIpc) is 3.12. The number of halogens is 7. The van der Waals surface area contributed by atoms with Crippen molar-refractivity contribution >= 4 is 11.9 Å². The van der Waals surface area contributed by atoms with Gasteiger partial charge in [-0.25, -0.2) is 22.4 Å². The second kappa shape index (κ2) is 10.3. The van der Waals surface area contributed by atoms with Gasteiger partial charge in [-0.1, -0.05) is 0 Å². The highest BCUT2D eigenvalue weighted by molar-refractivity contribution is 5.81.